The molecule has 0 amide bonds. The summed E-state index contributed by atoms with van der Waals surface area (Å²) in [4.78, 5) is 4.00. The standard InChI is InChI=1S/C49H28N2OS/c1-50-42-29-35(34-21-24-47-40(27-34)36-15-8-9-18-46(36)53-47)28-41-37-16-10-17-45(49(37)52-48(41)42)51-43-22-19-32(30-11-4-2-5-12-30)25-38(43)39-26-33(20-23-44(39)51)31-13-6-3-7-14-31/h2-29H. The van der Waals surface area contributed by atoms with Crippen LogP contribution >= 0.6 is 11.3 Å². The van der Waals surface area contributed by atoms with Crippen LogP contribution < -0.4 is 0 Å². The number of rotatable bonds is 4. The highest BCUT2D eigenvalue weighted by Crippen LogP contribution is 2.44. The molecule has 0 aliphatic rings. The molecule has 11 aromatic rings. The minimum Gasteiger partial charge on any atom is -0.465 e. The SMILES string of the molecule is [C-]#[N+]c1cc(-c2ccc3sc4ccccc4c3c2)cc2c1oc1c(-n3c4ccc(-c5ccccc5)cc4c4cc(-c5ccccc5)ccc43)cccc12. The number of aromatic nitrogens is 1. The molecule has 0 spiro atoms. The van der Waals surface area contributed by atoms with E-state index in [1.54, 1.807) is 0 Å². The van der Waals surface area contributed by atoms with E-state index in [2.05, 4.69) is 173 Å². The third kappa shape index (κ3) is 4.58. The van der Waals surface area contributed by atoms with E-state index in [0.29, 0.717) is 11.3 Å². The van der Waals surface area contributed by atoms with E-state index < -0.39 is 0 Å². The van der Waals surface area contributed by atoms with E-state index in [9.17, 15) is 0 Å². The quantitative estimate of drug-likeness (QED) is 0.168. The summed E-state index contributed by atoms with van der Waals surface area (Å²) in [6.07, 6.45) is 0. The average molecular weight is 693 g/mol. The average Bonchev–Trinajstić information content (AvgIpc) is 3.90. The summed E-state index contributed by atoms with van der Waals surface area (Å²) in [5.41, 5.74) is 11.8. The van der Waals surface area contributed by atoms with Crippen LogP contribution in [0.4, 0.5) is 5.69 Å². The zero-order valence-corrected chi connectivity index (χ0v) is 29.2. The molecule has 0 radical (unpaired) electrons. The lowest BCUT2D eigenvalue weighted by molar-refractivity contribution is 0.668. The van der Waals surface area contributed by atoms with Gasteiger partial charge in [0, 0.05) is 41.7 Å². The van der Waals surface area contributed by atoms with Crippen molar-refractivity contribution < 1.29 is 4.42 Å². The monoisotopic (exact) mass is 692 g/mol. The molecule has 53 heavy (non-hydrogen) atoms. The lowest BCUT2D eigenvalue weighted by Crippen LogP contribution is -1.94. The summed E-state index contributed by atoms with van der Waals surface area (Å²) in [6, 6.07) is 60.3. The molecule has 4 heteroatoms. The number of hydrogen-bond donors (Lipinski definition) is 0. The highest BCUT2D eigenvalue weighted by molar-refractivity contribution is 7.25. The Morgan fingerprint density at radius 3 is 1.68 bits per heavy atom. The van der Waals surface area contributed by atoms with Crippen LogP contribution in [0.25, 0.3) is 108 Å². The second-order valence-corrected chi connectivity index (χ2v) is 14.7. The molecule has 0 saturated heterocycles. The predicted molar refractivity (Wildman–Crippen MR) is 224 cm³/mol. The molecule has 11 rings (SSSR count). The lowest BCUT2D eigenvalue weighted by atomic mass is 9.99. The maximum Gasteiger partial charge on any atom is 0.230 e. The molecule has 3 aromatic heterocycles. The number of thiophene rings is 1. The van der Waals surface area contributed by atoms with Gasteiger partial charge in [-0.3, -0.25) is 0 Å². The van der Waals surface area contributed by atoms with Crippen molar-refractivity contribution in [2.75, 3.05) is 0 Å². The molecule has 0 N–H and O–H groups in total. The molecule has 0 unspecified atom stereocenters. The number of fused-ring (bicyclic) bond motifs is 9. The molecule has 3 heterocycles. The van der Waals surface area contributed by atoms with E-state index in [4.69, 9.17) is 11.0 Å². The van der Waals surface area contributed by atoms with Crippen molar-refractivity contribution >= 4 is 80.9 Å². The summed E-state index contributed by atoms with van der Waals surface area (Å²) in [6.45, 7) is 8.22. The number of hydrogen-bond acceptors (Lipinski definition) is 2. The number of furan rings is 1. The van der Waals surface area contributed by atoms with E-state index in [0.717, 1.165) is 44.2 Å². The Labute approximate surface area is 309 Å². The van der Waals surface area contributed by atoms with Gasteiger partial charge in [0.1, 0.15) is 5.58 Å². The molecule has 246 valence electrons. The summed E-state index contributed by atoms with van der Waals surface area (Å²) < 4.78 is 11.7. The van der Waals surface area contributed by atoms with Crippen LogP contribution in [0.2, 0.25) is 0 Å². The Hall–Kier alpha value is -6.93. The first-order valence-electron chi connectivity index (χ1n) is 17.7. The van der Waals surface area contributed by atoms with Crippen molar-refractivity contribution in [1.82, 2.24) is 4.57 Å². The normalized spacial score (nSPS) is 11.8. The number of benzene rings is 8. The van der Waals surface area contributed by atoms with Gasteiger partial charge >= 0.3 is 0 Å². The van der Waals surface area contributed by atoms with Crippen LogP contribution in [0, 0.1) is 6.57 Å². The molecule has 0 fully saturated rings. The van der Waals surface area contributed by atoms with Crippen molar-refractivity contribution in [2.24, 2.45) is 0 Å². The molecular formula is C49H28N2OS. The highest BCUT2D eigenvalue weighted by atomic mass is 32.1. The molecular weight excluding hydrogens is 665 g/mol. The van der Waals surface area contributed by atoms with Gasteiger partial charge in [0.2, 0.25) is 5.69 Å². The van der Waals surface area contributed by atoms with E-state index in [-0.39, 0.29) is 0 Å². The van der Waals surface area contributed by atoms with Crippen LogP contribution in [0.3, 0.4) is 0 Å². The fourth-order valence-electron chi connectivity index (χ4n) is 8.10. The molecule has 0 atom stereocenters. The van der Waals surface area contributed by atoms with Crippen molar-refractivity contribution in [3.8, 4) is 39.1 Å². The predicted octanol–water partition coefficient (Wildman–Crippen LogP) is 14.6. The van der Waals surface area contributed by atoms with Gasteiger partial charge in [-0.2, -0.15) is 0 Å². The van der Waals surface area contributed by atoms with E-state index in [1.807, 2.05) is 17.4 Å². The van der Waals surface area contributed by atoms with E-state index >= 15 is 0 Å². The summed E-state index contributed by atoms with van der Waals surface area (Å²) in [7, 11) is 0. The van der Waals surface area contributed by atoms with Gasteiger partial charge in [0.05, 0.1) is 23.3 Å². The zero-order valence-electron chi connectivity index (χ0n) is 28.4. The van der Waals surface area contributed by atoms with Crippen LogP contribution in [-0.4, -0.2) is 4.57 Å². The van der Waals surface area contributed by atoms with Gasteiger partial charge in [-0.25, -0.2) is 4.85 Å². The Morgan fingerprint density at radius 1 is 0.415 bits per heavy atom. The topological polar surface area (TPSA) is 22.4 Å². The fraction of sp³-hybridized carbons (Fsp3) is 0. The second-order valence-electron chi connectivity index (χ2n) is 13.6. The Balaban J connectivity index is 1.15. The van der Waals surface area contributed by atoms with Gasteiger partial charge in [-0.1, -0.05) is 109 Å². The molecule has 3 nitrogen and oxygen atoms in total. The molecule has 8 aromatic carbocycles. The van der Waals surface area contributed by atoms with Crippen molar-refractivity contribution in [2.45, 2.75) is 0 Å². The molecule has 0 bridgehead atoms. The summed E-state index contributed by atoms with van der Waals surface area (Å²) >= 11 is 1.81. The lowest BCUT2D eigenvalue weighted by Gasteiger charge is -2.09. The second kappa shape index (κ2) is 11.5. The third-order valence-corrected chi connectivity index (χ3v) is 11.8. The Bertz CT molecular complexity index is 3190. The van der Waals surface area contributed by atoms with Crippen molar-refractivity contribution in [3.63, 3.8) is 0 Å². The molecule has 0 aliphatic carbocycles. The number of nitrogens with zero attached hydrogens (tertiary/aromatic N) is 2. The van der Waals surface area contributed by atoms with Crippen molar-refractivity contribution in [3.05, 3.63) is 181 Å². The van der Waals surface area contributed by atoms with Gasteiger partial charge in [-0.15, -0.1) is 11.3 Å². The fourth-order valence-corrected chi connectivity index (χ4v) is 9.19. The maximum absolute atomic E-state index is 8.22. The minimum atomic E-state index is 0.511. The van der Waals surface area contributed by atoms with Crippen molar-refractivity contribution in [1.29, 1.82) is 0 Å². The maximum atomic E-state index is 8.22. The Morgan fingerprint density at radius 2 is 0.981 bits per heavy atom. The Kier molecular flexibility index (Phi) is 6.48. The molecule has 0 aliphatic heterocycles. The van der Waals surface area contributed by atoms with Crippen LogP contribution in [-0.2, 0) is 0 Å². The first kappa shape index (κ1) is 29.8. The molecule has 0 saturated carbocycles. The van der Waals surface area contributed by atoms with Crippen LogP contribution in [0.15, 0.2) is 174 Å². The first-order chi connectivity index (χ1) is 26.2. The summed E-state index contributed by atoms with van der Waals surface area (Å²) in [5.74, 6) is 0. The smallest absolute Gasteiger partial charge is 0.230 e. The first-order valence-corrected chi connectivity index (χ1v) is 18.5. The van der Waals surface area contributed by atoms with Crippen LogP contribution in [0.5, 0.6) is 0 Å². The third-order valence-electron chi connectivity index (χ3n) is 10.6. The highest BCUT2D eigenvalue weighted by Gasteiger charge is 2.21. The van der Waals surface area contributed by atoms with E-state index in [1.165, 1.54) is 53.2 Å². The van der Waals surface area contributed by atoms with Gasteiger partial charge in [-0.05, 0) is 94.0 Å². The van der Waals surface area contributed by atoms with Gasteiger partial charge in [0.25, 0.3) is 0 Å². The number of para-hydroxylation sites is 1. The van der Waals surface area contributed by atoms with Gasteiger partial charge in [0.15, 0.2) is 5.58 Å². The van der Waals surface area contributed by atoms with Crippen LogP contribution in [0.1, 0.15) is 0 Å². The largest absolute Gasteiger partial charge is 0.465 e. The minimum absolute atomic E-state index is 0.511. The van der Waals surface area contributed by atoms with Gasteiger partial charge < -0.3 is 8.98 Å². The summed E-state index contributed by atoms with van der Waals surface area (Å²) in [5, 5.41) is 6.78. The zero-order chi connectivity index (χ0) is 35.0.